The molecule has 0 bridgehead atoms. The van der Waals surface area contributed by atoms with Gasteiger partial charge in [-0.15, -0.1) is 0 Å². The summed E-state index contributed by atoms with van der Waals surface area (Å²) in [5, 5.41) is 0. The van der Waals surface area contributed by atoms with E-state index in [0.717, 1.165) is 29.5 Å². The van der Waals surface area contributed by atoms with Crippen LogP contribution in [0.4, 0.5) is 0 Å². The Hall–Kier alpha value is -0.350. The van der Waals surface area contributed by atoms with Crippen LogP contribution >= 0.6 is 31.9 Å². The Balaban J connectivity index is 1.94. The van der Waals surface area contributed by atoms with Crippen LogP contribution in [-0.4, -0.2) is 28.7 Å². The van der Waals surface area contributed by atoms with Gasteiger partial charge in [-0.3, -0.25) is 4.79 Å². The molecule has 4 heteroatoms. The lowest BCUT2D eigenvalue weighted by Gasteiger charge is -2.15. The first-order valence-electron chi connectivity index (χ1n) is 5.31. The van der Waals surface area contributed by atoms with Crippen LogP contribution in [-0.2, 0) is 11.2 Å². The molecule has 1 aromatic rings. The molecule has 0 saturated carbocycles. The quantitative estimate of drug-likeness (QED) is 0.754. The Morgan fingerprint density at radius 2 is 2.06 bits per heavy atom. The second kappa shape index (κ2) is 5.32. The van der Waals surface area contributed by atoms with Crippen molar-refractivity contribution < 1.29 is 4.79 Å². The Labute approximate surface area is 112 Å². The molecule has 0 radical (unpaired) electrons. The van der Waals surface area contributed by atoms with Crippen LogP contribution in [0.5, 0.6) is 0 Å². The average Bonchev–Trinajstić information content (AvgIpc) is 2.68. The smallest absolute Gasteiger partial charge is 0.227 e. The van der Waals surface area contributed by atoms with E-state index in [4.69, 9.17) is 0 Å². The fourth-order valence-electron chi connectivity index (χ4n) is 1.83. The van der Waals surface area contributed by atoms with Gasteiger partial charge in [0.25, 0.3) is 0 Å². The first-order valence-corrected chi connectivity index (χ1v) is 7.02. The van der Waals surface area contributed by atoms with Gasteiger partial charge in [0.2, 0.25) is 5.91 Å². The minimum Gasteiger partial charge on any atom is -0.341 e. The Morgan fingerprint density at radius 3 is 2.62 bits per heavy atom. The molecule has 0 spiro atoms. The average molecular weight is 347 g/mol. The van der Waals surface area contributed by atoms with Gasteiger partial charge in [0.1, 0.15) is 0 Å². The van der Waals surface area contributed by atoms with Gasteiger partial charge in [0.05, 0.1) is 6.42 Å². The molecule has 0 N–H and O–H groups in total. The van der Waals surface area contributed by atoms with Crippen molar-refractivity contribution in [2.24, 2.45) is 0 Å². The summed E-state index contributed by atoms with van der Waals surface area (Å²) in [6, 6.07) is 7.92. The number of carbonyl (C=O) groups is 1. The number of amides is 1. The number of nitrogens with zero attached hydrogens (tertiary/aromatic N) is 1. The molecule has 1 aliphatic rings. The topological polar surface area (TPSA) is 20.3 Å². The van der Waals surface area contributed by atoms with Gasteiger partial charge < -0.3 is 4.90 Å². The third-order valence-corrected chi connectivity index (χ3v) is 4.03. The van der Waals surface area contributed by atoms with Crippen molar-refractivity contribution in [2.45, 2.75) is 17.7 Å². The first-order chi connectivity index (χ1) is 7.65. The number of benzene rings is 1. The third kappa shape index (κ3) is 3.08. The van der Waals surface area contributed by atoms with Crippen LogP contribution in [0.15, 0.2) is 28.7 Å². The first kappa shape index (κ1) is 12.1. The molecule has 2 rings (SSSR count). The van der Waals surface area contributed by atoms with Gasteiger partial charge in [0, 0.05) is 22.4 Å². The van der Waals surface area contributed by atoms with Gasteiger partial charge in [-0.25, -0.2) is 0 Å². The lowest BCUT2D eigenvalue weighted by Crippen LogP contribution is -2.30. The summed E-state index contributed by atoms with van der Waals surface area (Å²) in [4.78, 5) is 14.3. The Kier molecular flexibility index (Phi) is 4.03. The molecule has 1 saturated heterocycles. The number of alkyl halides is 1. The summed E-state index contributed by atoms with van der Waals surface area (Å²) in [5.74, 6) is 0.226. The van der Waals surface area contributed by atoms with Crippen LogP contribution < -0.4 is 0 Å². The van der Waals surface area contributed by atoms with E-state index in [9.17, 15) is 4.79 Å². The SMILES string of the molecule is O=C(Cc1ccc(Br)cc1)N1CCC(Br)C1. The number of hydrogen-bond acceptors (Lipinski definition) is 1. The lowest BCUT2D eigenvalue weighted by atomic mass is 10.1. The van der Waals surface area contributed by atoms with Crippen molar-refractivity contribution >= 4 is 37.8 Å². The normalized spacial score (nSPS) is 20.1. The van der Waals surface area contributed by atoms with Crippen molar-refractivity contribution in [1.29, 1.82) is 0 Å². The van der Waals surface area contributed by atoms with Crippen molar-refractivity contribution in [3.63, 3.8) is 0 Å². The van der Waals surface area contributed by atoms with Crippen LogP contribution in [0.1, 0.15) is 12.0 Å². The fourth-order valence-corrected chi connectivity index (χ4v) is 2.65. The predicted octanol–water partition coefficient (Wildman–Crippen LogP) is 2.99. The lowest BCUT2D eigenvalue weighted by molar-refractivity contribution is -0.129. The standard InChI is InChI=1S/C12H13Br2NO/c13-10-3-1-9(2-4-10)7-12(16)15-6-5-11(14)8-15/h1-4,11H,5-8H2. The van der Waals surface area contributed by atoms with Crippen LogP contribution in [0.3, 0.4) is 0 Å². The summed E-state index contributed by atoms with van der Waals surface area (Å²) >= 11 is 6.93. The van der Waals surface area contributed by atoms with E-state index in [0.29, 0.717) is 11.2 Å². The minimum atomic E-state index is 0.226. The van der Waals surface area contributed by atoms with Crippen LogP contribution in [0.2, 0.25) is 0 Å². The second-order valence-corrected chi connectivity index (χ2v) is 6.24. The molecular weight excluding hydrogens is 334 g/mol. The van der Waals surface area contributed by atoms with Crippen molar-refractivity contribution in [3.05, 3.63) is 34.3 Å². The van der Waals surface area contributed by atoms with Gasteiger partial charge in [-0.2, -0.15) is 0 Å². The van der Waals surface area contributed by atoms with E-state index in [-0.39, 0.29) is 5.91 Å². The van der Waals surface area contributed by atoms with Gasteiger partial charge >= 0.3 is 0 Å². The number of hydrogen-bond donors (Lipinski definition) is 0. The maximum Gasteiger partial charge on any atom is 0.227 e. The highest BCUT2D eigenvalue weighted by molar-refractivity contribution is 9.10. The summed E-state index contributed by atoms with van der Waals surface area (Å²) < 4.78 is 1.05. The molecule has 1 fully saturated rings. The van der Waals surface area contributed by atoms with Crippen molar-refractivity contribution in [1.82, 2.24) is 4.90 Å². The van der Waals surface area contributed by atoms with Gasteiger partial charge in [-0.1, -0.05) is 44.0 Å². The molecule has 1 unspecified atom stereocenters. The Morgan fingerprint density at radius 1 is 1.38 bits per heavy atom. The van der Waals surface area contributed by atoms with Crippen molar-refractivity contribution in [2.75, 3.05) is 13.1 Å². The molecule has 1 aromatic carbocycles. The highest BCUT2D eigenvalue weighted by Crippen LogP contribution is 2.18. The maximum atomic E-state index is 11.9. The van der Waals surface area contributed by atoms with E-state index in [1.54, 1.807) is 0 Å². The van der Waals surface area contributed by atoms with Crippen LogP contribution in [0.25, 0.3) is 0 Å². The summed E-state index contributed by atoms with van der Waals surface area (Å²) in [5.41, 5.74) is 1.08. The molecule has 86 valence electrons. The summed E-state index contributed by atoms with van der Waals surface area (Å²) in [6.07, 6.45) is 1.57. The molecule has 2 nitrogen and oxygen atoms in total. The number of carbonyl (C=O) groups excluding carboxylic acids is 1. The van der Waals surface area contributed by atoms with E-state index in [1.165, 1.54) is 0 Å². The number of rotatable bonds is 2. The zero-order valence-electron chi connectivity index (χ0n) is 8.83. The van der Waals surface area contributed by atoms with E-state index in [1.807, 2.05) is 29.2 Å². The predicted molar refractivity (Wildman–Crippen MR) is 71.8 cm³/mol. The summed E-state index contributed by atoms with van der Waals surface area (Å²) in [6.45, 7) is 1.72. The van der Waals surface area contributed by atoms with Crippen LogP contribution in [0, 0.1) is 0 Å². The molecule has 0 aliphatic carbocycles. The van der Waals surface area contributed by atoms with Crippen molar-refractivity contribution in [3.8, 4) is 0 Å². The highest BCUT2D eigenvalue weighted by Gasteiger charge is 2.23. The molecule has 1 aliphatic heterocycles. The zero-order valence-corrected chi connectivity index (χ0v) is 12.0. The fraction of sp³-hybridized carbons (Fsp3) is 0.417. The molecule has 1 amide bonds. The molecule has 1 heterocycles. The van der Waals surface area contributed by atoms with E-state index in [2.05, 4.69) is 31.9 Å². The number of likely N-dealkylation sites (tertiary alicyclic amines) is 1. The molecule has 16 heavy (non-hydrogen) atoms. The molecular formula is C12H13Br2NO. The largest absolute Gasteiger partial charge is 0.341 e. The van der Waals surface area contributed by atoms with E-state index < -0.39 is 0 Å². The highest BCUT2D eigenvalue weighted by atomic mass is 79.9. The molecule has 0 aromatic heterocycles. The number of halogens is 2. The zero-order chi connectivity index (χ0) is 11.5. The monoisotopic (exact) mass is 345 g/mol. The van der Waals surface area contributed by atoms with Gasteiger partial charge in [-0.05, 0) is 24.1 Å². The van der Waals surface area contributed by atoms with Gasteiger partial charge in [0.15, 0.2) is 0 Å². The third-order valence-electron chi connectivity index (χ3n) is 2.75. The minimum absolute atomic E-state index is 0.226. The maximum absolute atomic E-state index is 11.9. The van der Waals surface area contributed by atoms with E-state index >= 15 is 0 Å². The second-order valence-electron chi connectivity index (χ2n) is 4.03. The summed E-state index contributed by atoms with van der Waals surface area (Å²) in [7, 11) is 0. The molecule has 1 atom stereocenters. The Bertz CT molecular complexity index is 377.